The Morgan fingerprint density at radius 2 is 1.32 bits per heavy atom. The van der Waals surface area contributed by atoms with E-state index in [9.17, 15) is 4.79 Å². The fourth-order valence-electron chi connectivity index (χ4n) is 5.89. The minimum atomic E-state index is 0.149. The van der Waals surface area contributed by atoms with Crippen LogP contribution in [0.4, 0.5) is 0 Å². The summed E-state index contributed by atoms with van der Waals surface area (Å²) in [5, 5.41) is 7.97. The van der Waals surface area contributed by atoms with Crippen LogP contribution in [-0.4, -0.2) is 5.78 Å². The van der Waals surface area contributed by atoms with Crippen LogP contribution in [-0.2, 0) is 11.2 Å². The van der Waals surface area contributed by atoms with Crippen molar-refractivity contribution in [3.05, 3.63) is 60.2 Å². The SMILES string of the molecule is C1CC2CCC1C2.CC(C)C(=O)CCCc1cc2ccc3cccc4ccc(c1)c2c34. The van der Waals surface area contributed by atoms with Crippen LogP contribution in [0, 0.1) is 17.8 Å². The van der Waals surface area contributed by atoms with E-state index < -0.39 is 0 Å². The van der Waals surface area contributed by atoms with Gasteiger partial charge in [0.25, 0.3) is 0 Å². The fourth-order valence-corrected chi connectivity index (χ4v) is 5.89. The summed E-state index contributed by atoms with van der Waals surface area (Å²) in [6, 6.07) is 20.0. The highest BCUT2D eigenvalue weighted by Crippen LogP contribution is 2.44. The summed E-state index contributed by atoms with van der Waals surface area (Å²) >= 11 is 0. The summed E-state index contributed by atoms with van der Waals surface area (Å²) in [4.78, 5) is 11.8. The molecule has 2 aliphatic carbocycles. The summed E-state index contributed by atoms with van der Waals surface area (Å²) in [7, 11) is 0. The Bertz CT molecular complexity index is 1120. The van der Waals surface area contributed by atoms with Crippen molar-refractivity contribution < 1.29 is 4.79 Å². The molecule has 2 aliphatic rings. The molecule has 0 aliphatic heterocycles. The number of fused-ring (bicyclic) bond motifs is 2. The fraction of sp³-hybridized carbons (Fsp3) is 0.433. The lowest BCUT2D eigenvalue weighted by Crippen LogP contribution is -2.06. The van der Waals surface area contributed by atoms with E-state index in [2.05, 4.69) is 54.6 Å². The van der Waals surface area contributed by atoms with Gasteiger partial charge < -0.3 is 0 Å². The van der Waals surface area contributed by atoms with E-state index in [4.69, 9.17) is 0 Å². The van der Waals surface area contributed by atoms with Gasteiger partial charge in [0, 0.05) is 12.3 Å². The van der Waals surface area contributed by atoms with Gasteiger partial charge in [0.15, 0.2) is 0 Å². The van der Waals surface area contributed by atoms with Gasteiger partial charge in [-0.1, -0.05) is 94.1 Å². The van der Waals surface area contributed by atoms with E-state index in [1.54, 1.807) is 32.1 Å². The molecule has 0 atom stereocenters. The molecule has 0 spiro atoms. The lowest BCUT2D eigenvalue weighted by atomic mass is 9.91. The Morgan fingerprint density at radius 3 is 1.81 bits per heavy atom. The number of ketones is 1. The summed E-state index contributed by atoms with van der Waals surface area (Å²) in [5.74, 6) is 2.86. The molecule has 31 heavy (non-hydrogen) atoms. The van der Waals surface area contributed by atoms with E-state index in [0.717, 1.165) is 12.8 Å². The zero-order chi connectivity index (χ0) is 21.4. The van der Waals surface area contributed by atoms with Crippen LogP contribution >= 0.6 is 0 Å². The second-order valence-corrected chi connectivity index (χ2v) is 10.2. The quantitative estimate of drug-likeness (QED) is 0.302. The zero-order valence-corrected chi connectivity index (χ0v) is 19.0. The Kier molecular flexibility index (Phi) is 5.69. The largest absolute Gasteiger partial charge is 0.299 e. The van der Waals surface area contributed by atoms with E-state index in [1.807, 2.05) is 13.8 Å². The molecule has 160 valence electrons. The van der Waals surface area contributed by atoms with Crippen molar-refractivity contribution in [1.29, 1.82) is 0 Å². The average Bonchev–Trinajstić information content (AvgIpc) is 3.44. The van der Waals surface area contributed by atoms with Crippen LogP contribution in [0.5, 0.6) is 0 Å². The Balaban J connectivity index is 0.000000244. The monoisotopic (exact) mass is 410 g/mol. The van der Waals surface area contributed by atoms with Crippen molar-refractivity contribution in [2.45, 2.75) is 65.2 Å². The van der Waals surface area contributed by atoms with Gasteiger partial charge in [0.2, 0.25) is 0 Å². The van der Waals surface area contributed by atoms with Gasteiger partial charge in [-0.05, 0) is 69.0 Å². The molecule has 0 aromatic heterocycles. The smallest absolute Gasteiger partial charge is 0.135 e. The van der Waals surface area contributed by atoms with E-state index in [1.165, 1.54) is 49.7 Å². The van der Waals surface area contributed by atoms with Crippen LogP contribution in [0.2, 0.25) is 0 Å². The molecule has 1 nitrogen and oxygen atoms in total. The number of hydrogen-bond acceptors (Lipinski definition) is 1. The van der Waals surface area contributed by atoms with E-state index in [-0.39, 0.29) is 5.92 Å². The minimum absolute atomic E-state index is 0.149. The maximum atomic E-state index is 11.8. The Morgan fingerprint density at radius 1 is 0.806 bits per heavy atom. The zero-order valence-electron chi connectivity index (χ0n) is 19.0. The molecule has 0 amide bonds. The molecule has 4 aromatic rings. The van der Waals surface area contributed by atoms with Crippen molar-refractivity contribution >= 4 is 38.1 Å². The van der Waals surface area contributed by atoms with Crippen molar-refractivity contribution in [3.8, 4) is 0 Å². The Labute approximate surface area is 186 Å². The highest BCUT2D eigenvalue weighted by molar-refractivity contribution is 6.23. The van der Waals surface area contributed by atoms with E-state index in [0.29, 0.717) is 12.2 Å². The summed E-state index contributed by atoms with van der Waals surface area (Å²) in [5.41, 5.74) is 1.33. The van der Waals surface area contributed by atoms with Gasteiger partial charge in [-0.3, -0.25) is 4.79 Å². The third kappa shape index (κ3) is 4.20. The highest BCUT2D eigenvalue weighted by Gasteiger charge is 2.30. The van der Waals surface area contributed by atoms with Gasteiger partial charge in [-0.15, -0.1) is 0 Å². The first kappa shape index (κ1) is 20.5. The predicted molar refractivity (Wildman–Crippen MR) is 133 cm³/mol. The number of aryl methyl sites for hydroxylation is 1. The predicted octanol–water partition coefficient (Wildman–Crippen LogP) is 8.33. The molecule has 0 N–H and O–H groups in total. The lowest BCUT2D eigenvalue weighted by molar-refractivity contribution is -0.121. The number of carbonyl (C=O) groups is 1. The van der Waals surface area contributed by atoms with Gasteiger partial charge in [0.1, 0.15) is 5.78 Å². The topological polar surface area (TPSA) is 17.1 Å². The summed E-state index contributed by atoms with van der Waals surface area (Å²) in [6.45, 7) is 3.96. The van der Waals surface area contributed by atoms with Gasteiger partial charge in [-0.2, -0.15) is 0 Å². The molecule has 6 rings (SSSR count). The third-order valence-corrected chi connectivity index (χ3v) is 7.69. The molecule has 0 saturated heterocycles. The molecular weight excluding hydrogens is 376 g/mol. The first-order valence-corrected chi connectivity index (χ1v) is 12.3. The molecule has 0 heterocycles. The van der Waals surface area contributed by atoms with Crippen LogP contribution < -0.4 is 0 Å². The van der Waals surface area contributed by atoms with Gasteiger partial charge in [0.05, 0.1) is 0 Å². The van der Waals surface area contributed by atoms with Crippen molar-refractivity contribution in [1.82, 2.24) is 0 Å². The van der Waals surface area contributed by atoms with Crippen molar-refractivity contribution in [2.24, 2.45) is 17.8 Å². The summed E-state index contributed by atoms with van der Waals surface area (Å²) < 4.78 is 0. The number of benzene rings is 4. The molecule has 0 radical (unpaired) electrons. The van der Waals surface area contributed by atoms with Crippen molar-refractivity contribution in [2.75, 3.05) is 0 Å². The maximum Gasteiger partial charge on any atom is 0.135 e. The van der Waals surface area contributed by atoms with Crippen LogP contribution in [0.1, 0.15) is 64.4 Å². The maximum absolute atomic E-state index is 11.8. The van der Waals surface area contributed by atoms with Crippen molar-refractivity contribution in [3.63, 3.8) is 0 Å². The van der Waals surface area contributed by atoms with E-state index >= 15 is 0 Å². The van der Waals surface area contributed by atoms with Crippen LogP contribution in [0.15, 0.2) is 54.6 Å². The normalized spacial score (nSPS) is 20.1. The highest BCUT2D eigenvalue weighted by atomic mass is 16.1. The summed E-state index contributed by atoms with van der Waals surface area (Å²) in [6.07, 6.45) is 10.4. The third-order valence-electron chi connectivity index (χ3n) is 7.69. The first-order chi connectivity index (χ1) is 15.1. The molecule has 2 bridgehead atoms. The standard InChI is InChI=1S/C23H22O.C7H12/c1-15(2)21(24)8-3-5-16-13-19-11-9-17-6-4-7-18-10-12-20(14-16)23(19)22(17)18;1-2-7-4-3-6(1)5-7/h4,6-7,9-15H,3,5,8H2,1-2H3;6-7H,1-5H2. The molecule has 1 heteroatoms. The number of hydrogen-bond donors (Lipinski definition) is 0. The molecule has 2 saturated carbocycles. The molecule has 2 fully saturated rings. The Hall–Kier alpha value is -2.41. The van der Waals surface area contributed by atoms with Gasteiger partial charge >= 0.3 is 0 Å². The number of Topliss-reactive ketones (excluding diaryl/α,β-unsaturated/α-hetero) is 1. The second kappa shape index (κ2) is 8.61. The number of rotatable bonds is 5. The molecule has 0 unspecified atom stereocenters. The number of carbonyl (C=O) groups excluding carboxylic acids is 1. The van der Waals surface area contributed by atoms with Gasteiger partial charge in [-0.25, -0.2) is 0 Å². The molecular formula is C30H34O. The van der Waals surface area contributed by atoms with Crippen LogP contribution in [0.25, 0.3) is 32.3 Å². The second-order valence-electron chi connectivity index (χ2n) is 10.2. The van der Waals surface area contributed by atoms with Crippen LogP contribution in [0.3, 0.4) is 0 Å². The lowest BCUT2D eigenvalue weighted by Gasteiger charge is -2.12. The first-order valence-electron chi connectivity index (χ1n) is 12.3. The average molecular weight is 411 g/mol. The minimum Gasteiger partial charge on any atom is -0.299 e. The molecule has 4 aromatic carbocycles.